The molecule has 3 N–H and O–H groups in total. The lowest BCUT2D eigenvalue weighted by atomic mass is 9.76. The number of ether oxygens (including phenoxy) is 1. The number of piperidine rings is 1. The number of nitrogens with zero attached hydrogens (tertiary/aromatic N) is 4. The molecule has 8 nitrogen and oxygen atoms in total. The third-order valence-corrected chi connectivity index (χ3v) is 5.24. The molecule has 0 aliphatic carbocycles. The number of carboxylic acids is 1. The summed E-state index contributed by atoms with van der Waals surface area (Å²) in [6.07, 6.45) is 2.64. The van der Waals surface area contributed by atoms with E-state index in [0.29, 0.717) is 5.88 Å². The van der Waals surface area contributed by atoms with Crippen molar-refractivity contribution in [3.8, 4) is 5.88 Å². The SMILES string of the molecule is CC(C)Oc1cc(N2CCC3(CC2)CC(C(=O)O)N(C)C3)nc(N)n1. The van der Waals surface area contributed by atoms with Crippen molar-refractivity contribution in [1.82, 2.24) is 14.9 Å². The first-order valence-electron chi connectivity index (χ1n) is 8.77. The van der Waals surface area contributed by atoms with Crippen molar-refractivity contribution in [3.63, 3.8) is 0 Å². The Hall–Kier alpha value is -2.09. The van der Waals surface area contributed by atoms with E-state index in [2.05, 4.69) is 14.9 Å². The zero-order valence-corrected chi connectivity index (χ0v) is 15.1. The second kappa shape index (κ2) is 6.67. The fraction of sp³-hybridized carbons (Fsp3) is 0.706. The molecule has 1 spiro atoms. The zero-order valence-electron chi connectivity index (χ0n) is 15.1. The minimum Gasteiger partial charge on any atom is -0.480 e. The number of nitrogens with two attached hydrogens (primary N) is 1. The molecule has 8 heteroatoms. The average Bonchev–Trinajstić information content (AvgIpc) is 2.83. The molecule has 0 amide bonds. The molecule has 1 aromatic rings. The maximum atomic E-state index is 11.4. The van der Waals surface area contributed by atoms with Crippen molar-refractivity contribution < 1.29 is 14.6 Å². The van der Waals surface area contributed by atoms with Crippen LogP contribution < -0.4 is 15.4 Å². The lowest BCUT2D eigenvalue weighted by Crippen LogP contribution is -2.41. The number of likely N-dealkylation sites (tertiary alicyclic amines) is 1. The minimum atomic E-state index is -0.721. The number of aliphatic carboxylic acids is 1. The van der Waals surface area contributed by atoms with Crippen molar-refractivity contribution in [1.29, 1.82) is 0 Å². The van der Waals surface area contributed by atoms with E-state index in [1.54, 1.807) is 0 Å². The summed E-state index contributed by atoms with van der Waals surface area (Å²) >= 11 is 0. The van der Waals surface area contributed by atoms with Gasteiger partial charge in [0.25, 0.3) is 0 Å². The number of anilines is 2. The fourth-order valence-corrected chi connectivity index (χ4v) is 4.01. The second-order valence-electron chi connectivity index (χ2n) is 7.55. The second-order valence-corrected chi connectivity index (χ2v) is 7.55. The number of carboxylic acid groups (broad SMARTS) is 1. The van der Waals surface area contributed by atoms with Gasteiger partial charge in [-0.15, -0.1) is 0 Å². The highest BCUT2D eigenvalue weighted by Gasteiger charge is 2.46. The molecule has 2 aliphatic rings. The molecule has 1 aromatic heterocycles. The van der Waals surface area contributed by atoms with Gasteiger partial charge in [0.2, 0.25) is 11.8 Å². The lowest BCUT2D eigenvalue weighted by molar-refractivity contribution is -0.141. The summed E-state index contributed by atoms with van der Waals surface area (Å²) in [6.45, 7) is 6.39. The van der Waals surface area contributed by atoms with E-state index in [1.807, 2.05) is 31.9 Å². The Kier molecular flexibility index (Phi) is 4.73. The standard InChI is InChI=1S/C17H27N5O3/c1-11(2)25-14-8-13(19-16(18)20-14)22-6-4-17(5-7-22)9-12(15(23)24)21(3)10-17/h8,11-12H,4-7,9-10H2,1-3H3,(H,23,24)(H2,18,19,20). The molecule has 2 saturated heterocycles. The molecule has 1 unspecified atom stereocenters. The van der Waals surface area contributed by atoms with Crippen LogP contribution in [0.3, 0.4) is 0 Å². The number of hydrogen-bond donors (Lipinski definition) is 2. The van der Waals surface area contributed by atoms with Crippen LogP contribution in [0.2, 0.25) is 0 Å². The Labute approximate surface area is 148 Å². The van der Waals surface area contributed by atoms with Crippen molar-refractivity contribution >= 4 is 17.7 Å². The van der Waals surface area contributed by atoms with Gasteiger partial charge in [0.15, 0.2) is 0 Å². The largest absolute Gasteiger partial charge is 0.480 e. The summed E-state index contributed by atoms with van der Waals surface area (Å²) in [5.74, 6) is 0.754. The van der Waals surface area contributed by atoms with Crippen LogP contribution in [-0.2, 0) is 4.79 Å². The molecule has 138 valence electrons. The molecule has 0 aromatic carbocycles. The molecule has 0 radical (unpaired) electrons. The Morgan fingerprint density at radius 3 is 2.64 bits per heavy atom. The van der Waals surface area contributed by atoms with Crippen molar-refractivity contribution in [3.05, 3.63) is 6.07 Å². The van der Waals surface area contributed by atoms with E-state index in [9.17, 15) is 9.90 Å². The van der Waals surface area contributed by atoms with Crippen LogP contribution in [0.4, 0.5) is 11.8 Å². The van der Waals surface area contributed by atoms with Crippen LogP contribution in [0.1, 0.15) is 33.1 Å². The van der Waals surface area contributed by atoms with Crippen molar-refractivity contribution in [2.75, 3.05) is 37.3 Å². The minimum absolute atomic E-state index is 0.0220. The molecule has 25 heavy (non-hydrogen) atoms. The van der Waals surface area contributed by atoms with E-state index in [-0.39, 0.29) is 23.5 Å². The van der Waals surface area contributed by atoms with Crippen LogP contribution in [-0.4, -0.2) is 64.8 Å². The van der Waals surface area contributed by atoms with E-state index in [0.717, 1.165) is 44.7 Å². The topological polar surface area (TPSA) is 105 Å². The first-order valence-corrected chi connectivity index (χ1v) is 8.77. The Morgan fingerprint density at radius 2 is 2.08 bits per heavy atom. The molecule has 1 atom stereocenters. The highest BCUT2D eigenvalue weighted by atomic mass is 16.5. The fourth-order valence-electron chi connectivity index (χ4n) is 4.01. The molecular formula is C17H27N5O3. The average molecular weight is 349 g/mol. The van der Waals surface area contributed by atoms with Gasteiger partial charge in [-0.3, -0.25) is 9.69 Å². The first kappa shape index (κ1) is 17.7. The lowest BCUT2D eigenvalue weighted by Gasteiger charge is -2.39. The van der Waals surface area contributed by atoms with Gasteiger partial charge in [-0.05, 0) is 45.6 Å². The Morgan fingerprint density at radius 1 is 1.40 bits per heavy atom. The van der Waals surface area contributed by atoms with Crippen LogP contribution >= 0.6 is 0 Å². The van der Waals surface area contributed by atoms with Crippen LogP contribution in [0.25, 0.3) is 0 Å². The highest BCUT2D eigenvalue weighted by molar-refractivity contribution is 5.74. The monoisotopic (exact) mass is 349 g/mol. The number of nitrogen functional groups attached to an aromatic ring is 1. The summed E-state index contributed by atoms with van der Waals surface area (Å²) < 4.78 is 5.64. The third-order valence-electron chi connectivity index (χ3n) is 5.24. The van der Waals surface area contributed by atoms with Gasteiger partial charge in [-0.1, -0.05) is 0 Å². The van der Waals surface area contributed by atoms with Gasteiger partial charge < -0.3 is 20.5 Å². The van der Waals surface area contributed by atoms with Gasteiger partial charge in [0.1, 0.15) is 11.9 Å². The van der Waals surface area contributed by atoms with E-state index < -0.39 is 5.97 Å². The summed E-state index contributed by atoms with van der Waals surface area (Å²) in [5, 5.41) is 9.36. The molecule has 3 rings (SSSR count). The zero-order chi connectivity index (χ0) is 18.2. The predicted octanol–water partition coefficient (Wildman–Crippen LogP) is 1.22. The maximum absolute atomic E-state index is 11.4. The van der Waals surface area contributed by atoms with Gasteiger partial charge in [0, 0.05) is 25.7 Å². The first-order chi connectivity index (χ1) is 11.8. The van der Waals surface area contributed by atoms with E-state index in [4.69, 9.17) is 10.5 Å². The van der Waals surface area contributed by atoms with Crippen LogP contribution in [0, 0.1) is 5.41 Å². The van der Waals surface area contributed by atoms with Crippen LogP contribution in [0.15, 0.2) is 6.07 Å². The molecule has 0 bridgehead atoms. The Bertz CT molecular complexity index is 643. The molecule has 3 heterocycles. The van der Waals surface area contributed by atoms with Gasteiger partial charge >= 0.3 is 5.97 Å². The number of rotatable bonds is 4. The quantitative estimate of drug-likeness (QED) is 0.836. The van der Waals surface area contributed by atoms with Crippen molar-refractivity contribution in [2.45, 2.75) is 45.3 Å². The molecule has 0 saturated carbocycles. The third kappa shape index (κ3) is 3.78. The number of hydrogen-bond acceptors (Lipinski definition) is 7. The molecular weight excluding hydrogens is 322 g/mol. The summed E-state index contributed by atoms with van der Waals surface area (Å²) in [6, 6.07) is 1.46. The smallest absolute Gasteiger partial charge is 0.320 e. The number of aromatic nitrogens is 2. The van der Waals surface area contributed by atoms with Crippen molar-refractivity contribution in [2.24, 2.45) is 5.41 Å². The van der Waals surface area contributed by atoms with E-state index >= 15 is 0 Å². The van der Waals surface area contributed by atoms with Gasteiger partial charge in [0.05, 0.1) is 6.10 Å². The molecule has 2 aliphatic heterocycles. The summed E-state index contributed by atoms with van der Waals surface area (Å²) in [4.78, 5) is 24.0. The summed E-state index contributed by atoms with van der Waals surface area (Å²) in [7, 11) is 1.90. The highest BCUT2D eigenvalue weighted by Crippen LogP contribution is 2.43. The predicted molar refractivity (Wildman–Crippen MR) is 94.8 cm³/mol. The Balaban J connectivity index is 1.69. The normalized spacial score (nSPS) is 23.4. The number of carbonyl (C=O) groups is 1. The van der Waals surface area contributed by atoms with Gasteiger partial charge in [-0.2, -0.15) is 9.97 Å². The summed E-state index contributed by atoms with van der Waals surface area (Å²) in [5.41, 5.74) is 5.91. The molecule has 2 fully saturated rings. The van der Waals surface area contributed by atoms with E-state index in [1.165, 1.54) is 0 Å². The number of likely N-dealkylation sites (N-methyl/N-ethyl adjacent to an activating group) is 1. The van der Waals surface area contributed by atoms with Crippen LogP contribution in [0.5, 0.6) is 5.88 Å². The maximum Gasteiger partial charge on any atom is 0.320 e. The van der Waals surface area contributed by atoms with Gasteiger partial charge in [-0.25, -0.2) is 0 Å².